The van der Waals surface area contributed by atoms with Gasteiger partial charge in [0.2, 0.25) is 0 Å². The monoisotopic (exact) mass is 700 g/mol. The second-order valence-corrected chi connectivity index (χ2v) is 17.3. The van der Waals surface area contributed by atoms with Crippen molar-refractivity contribution in [2.75, 3.05) is 14.1 Å². The van der Waals surface area contributed by atoms with Crippen molar-refractivity contribution in [1.82, 2.24) is 0 Å². The van der Waals surface area contributed by atoms with Gasteiger partial charge in [0.1, 0.15) is 5.41 Å². The summed E-state index contributed by atoms with van der Waals surface area (Å²) in [4.78, 5) is 60.7. The molecule has 49 heavy (non-hydrogen) atoms. The standard InChI is InChI=1S/C26H46N2O7.C10H18O4/c1-21(2)11-16(12-22(3,4)27(21)9)26(20(33)34,25(35,19(31)32)15-18(29)30)17-13-23(5,6)28(10)24(7,8)14-17;11-9(12)7-5-3-1-2-4-6-8-10(13)14/h16-17,35H,11-15H2,1-10H3,(H,29,30)(H,31,32)(H,33,34);1-8H2,(H,11,12)(H,13,14). The first-order valence-electron chi connectivity index (χ1n) is 17.6. The zero-order valence-corrected chi connectivity index (χ0v) is 31.5. The van der Waals surface area contributed by atoms with Gasteiger partial charge in [0, 0.05) is 37.6 Å². The van der Waals surface area contributed by atoms with Crippen LogP contribution in [0.3, 0.4) is 0 Å². The summed E-state index contributed by atoms with van der Waals surface area (Å²) < 4.78 is 0. The maximum atomic E-state index is 13.5. The molecule has 0 aromatic heterocycles. The van der Waals surface area contributed by atoms with Gasteiger partial charge in [-0.05, 0) is 92.9 Å². The zero-order chi connectivity index (χ0) is 38.4. The number of quaternary nitrogens is 2. The van der Waals surface area contributed by atoms with Gasteiger partial charge in [-0.15, -0.1) is 0 Å². The molecule has 1 unspecified atom stereocenters. The molecule has 6 N–H and O–H groups in total. The van der Waals surface area contributed by atoms with Crippen LogP contribution in [-0.4, -0.2) is 92.1 Å². The molecule has 13 heteroatoms. The van der Waals surface area contributed by atoms with E-state index < -0.39 is 81.3 Å². The minimum Gasteiger partial charge on any atom is -0.550 e. The van der Waals surface area contributed by atoms with Gasteiger partial charge in [-0.2, -0.15) is 0 Å². The third kappa shape index (κ3) is 10.4. The lowest BCUT2D eigenvalue weighted by Crippen LogP contribution is -3.25. The summed E-state index contributed by atoms with van der Waals surface area (Å²) in [6.07, 6.45) is 5.46. The average Bonchev–Trinajstić information content (AvgIpc) is 2.91. The van der Waals surface area contributed by atoms with Gasteiger partial charge in [-0.25, -0.2) is 4.79 Å². The third-order valence-corrected chi connectivity index (χ3v) is 12.2. The minimum absolute atomic E-state index is 0.124. The molecule has 13 nitrogen and oxygen atoms in total. The summed E-state index contributed by atoms with van der Waals surface area (Å²) in [6, 6.07) is 0. The van der Waals surface area contributed by atoms with E-state index in [4.69, 9.17) is 0 Å². The molecule has 1 atom stereocenters. The molecule has 0 aliphatic carbocycles. The molecular weight excluding hydrogens is 636 g/mol. The summed E-state index contributed by atoms with van der Waals surface area (Å²) in [6.45, 7) is 16.2. The Balaban J connectivity index is 0.000000721. The van der Waals surface area contributed by atoms with Crippen molar-refractivity contribution < 1.29 is 64.4 Å². The number of hydrogen-bond donors (Lipinski definition) is 6. The van der Waals surface area contributed by atoms with E-state index in [1.165, 1.54) is 9.80 Å². The molecule has 0 spiro atoms. The number of carbonyl (C=O) groups is 5. The van der Waals surface area contributed by atoms with Crippen molar-refractivity contribution in [3.63, 3.8) is 0 Å². The normalized spacial score (nSPS) is 27.7. The molecule has 0 aromatic rings. The number of hydrogen-bond acceptors (Lipinski definition) is 8. The number of carboxylic acid groups (broad SMARTS) is 5. The van der Waals surface area contributed by atoms with E-state index in [1.54, 1.807) is 0 Å². The van der Waals surface area contributed by atoms with E-state index in [0.717, 1.165) is 25.7 Å². The minimum atomic E-state index is -2.98. The smallest absolute Gasteiger partial charge is 0.337 e. The maximum Gasteiger partial charge on any atom is 0.337 e. The largest absolute Gasteiger partial charge is 0.550 e. The van der Waals surface area contributed by atoms with Crippen molar-refractivity contribution in [1.29, 1.82) is 0 Å². The predicted octanol–water partition coefficient (Wildman–Crippen LogP) is -0.0814. The van der Waals surface area contributed by atoms with Gasteiger partial charge in [-0.1, -0.05) is 25.7 Å². The zero-order valence-electron chi connectivity index (χ0n) is 31.5. The van der Waals surface area contributed by atoms with E-state index in [9.17, 15) is 54.6 Å². The summed E-state index contributed by atoms with van der Waals surface area (Å²) >= 11 is 0. The molecule has 0 aromatic carbocycles. The molecule has 2 heterocycles. The molecular formula is C36H64N2O11. The molecule has 0 radical (unpaired) electrons. The Hall–Kier alpha value is -2.77. The highest BCUT2D eigenvalue weighted by Crippen LogP contribution is 2.57. The van der Waals surface area contributed by atoms with E-state index in [-0.39, 0.29) is 12.8 Å². The molecule has 0 bridgehead atoms. The van der Waals surface area contributed by atoms with Gasteiger partial charge in [0.15, 0.2) is 5.60 Å². The first-order valence-corrected chi connectivity index (χ1v) is 17.6. The quantitative estimate of drug-likeness (QED) is 0.117. The number of unbranched alkanes of at least 4 members (excludes halogenated alkanes) is 5. The van der Waals surface area contributed by atoms with Crippen LogP contribution >= 0.6 is 0 Å². The molecule has 284 valence electrons. The summed E-state index contributed by atoms with van der Waals surface area (Å²) in [5.74, 6) is -8.23. The van der Waals surface area contributed by atoms with E-state index in [1.807, 2.05) is 69.5 Å². The van der Waals surface area contributed by atoms with Crippen LogP contribution in [0.25, 0.3) is 0 Å². The Morgan fingerprint density at radius 2 is 0.878 bits per heavy atom. The summed E-state index contributed by atoms with van der Waals surface area (Å²) in [5.41, 5.74) is -6.85. The van der Waals surface area contributed by atoms with Crippen LogP contribution in [0, 0.1) is 17.3 Å². The number of likely N-dealkylation sites (tertiary alicyclic amines) is 2. The molecule has 2 aliphatic heterocycles. The number of carbonyl (C=O) groups excluding carboxylic acids is 2. The van der Waals surface area contributed by atoms with Gasteiger partial charge >= 0.3 is 17.9 Å². The van der Waals surface area contributed by atoms with E-state index >= 15 is 0 Å². The van der Waals surface area contributed by atoms with Gasteiger partial charge in [0.05, 0.1) is 42.7 Å². The van der Waals surface area contributed by atoms with Crippen LogP contribution < -0.4 is 20.0 Å². The lowest BCUT2D eigenvalue weighted by Gasteiger charge is -2.61. The van der Waals surface area contributed by atoms with Crippen LogP contribution in [-0.2, 0) is 24.0 Å². The second kappa shape index (κ2) is 16.5. The van der Waals surface area contributed by atoms with Crippen LogP contribution in [0.2, 0.25) is 0 Å². The van der Waals surface area contributed by atoms with Crippen molar-refractivity contribution in [3.8, 4) is 0 Å². The summed E-state index contributed by atoms with van der Waals surface area (Å²) in [5, 5.41) is 63.0. The van der Waals surface area contributed by atoms with Crippen molar-refractivity contribution >= 4 is 29.8 Å². The highest BCUT2D eigenvalue weighted by Gasteiger charge is 2.73. The Bertz CT molecular complexity index is 1100. The number of aliphatic hydroxyl groups is 1. The fraction of sp³-hybridized carbons (Fsp3) is 0.861. The van der Waals surface area contributed by atoms with Crippen LogP contribution in [0.1, 0.15) is 139 Å². The summed E-state index contributed by atoms with van der Waals surface area (Å²) in [7, 11) is 4.09. The highest BCUT2D eigenvalue weighted by atomic mass is 16.4. The molecule has 2 aliphatic rings. The van der Waals surface area contributed by atoms with Gasteiger partial charge in [0.25, 0.3) is 0 Å². The Labute approximate surface area is 292 Å². The SMILES string of the molecule is C[NH+]1C(C)(C)CC(C(C(=O)O)(C2CC(C)(C)[NH+](C)C(C)(C)C2)C(O)(CC(=O)O)C(=O)O)CC1(C)C.O=C([O-])CCCCCCCCC(=O)[O-]. The Morgan fingerprint density at radius 1 is 0.592 bits per heavy atom. The number of nitrogens with one attached hydrogen (secondary N) is 2. The van der Waals surface area contributed by atoms with Gasteiger partial charge < -0.3 is 50.0 Å². The van der Waals surface area contributed by atoms with Crippen molar-refractivity contribution in [3.05, 3.63) is 0 Å². The third-order valence-electron chi connectivity index (χ3n) is 12.2. The molecule has 0 saturated carbocycles. The number of piperidine rings is 2. The molecule has 0 amide bonds. The fourth-order valence-corrected chi connectivity index (χ4v) is 9.10. The number of rotatable bonds is 16. The number of carboxylic acids is 5. The topological polar surface area (TPSA) is 221 Å². The fourth-order valence-electron chi connectivity index (χ4n) is 9.10. The van der Waals surface area contributed by atoms with E-state index in [2.05, 4.69) is 0 Å². The van der Waals surface area contributed by atoms with Crippen molar-refractivity contribution in [2.24, 2.45) is 17.3 Å². The first-order chi connectivity index (χ1) is 22.1. The maximum absolute atomic E-state index is 13.5. The van der Waals surface area contributed by atoms with Crippen LogP contribution in [0.15, 0.2) is 0 Å². The molecule has 2 rings (SSSR count). The van der Waals surface area contributed by atoms with Crippen LogP contribution in [0.5, 0.6) is 0 Å². The molecule has 2 fully saturated rings. The van der Waals surface area contributed by atoms with Gasteiger partial charge in [-0.3, -0.25) is 9.59 Å². The van der Waals surface area contributed by atoms with Crippen LogP contribution in [0.4, 0.5) is 0 Å². The predicted molar refractivity (Wildman–Crippen MR) is 177 cm³/mol. The first kappa shape index (κ1) is 44.3. The van der Waals surface area contributed by atoms with E-state index in [0.29, 0.717) is 38.5 Å². The average molecular weight is 701 g/mol. The highest BCUT2D eigenvalue weighted by molar-refractivity contribution is 5.92. The molecule has 2 saturated heterocycles. The lowest BCUT2D eigenvalue weighted by molar-refractivity contribution is -0.985. The number of aliphatic carboxylic acids is 5. The van der Waals surface area contributed by atoms with Crippen molar-refractivity contribution in [2.45, 2.75) is 167 Å². The second-order valence-electron chi connectivity index (χ2n) is 17.3. The Morgan fingerprint density at radius 3 is 1.10 bits per heavy atom. The lowest BCUT2D eigenvalue weighted by atomic mass is 9.47. The Kier molecular flexibility index (Phi) is 14.9.